The van der Waals surface area contributed by atoms with Gasteiger partial charge in [0.1, 0.15) is 0 Å². The number of rotatable bonds is 7. The molecule has 0 saturated carbocycles. The van der Waals surface area contributed by atoms with E-state index in [1.165, 1.54) is 6.42 Å². The van der Waals surface area contributed by atoms with Crippen LogP contribution in [0.3, 0.4) is 0 Å². The minimum atomic E-state index is -0.0315. The Hall–Kier alpha value is -0.610. The number of ether oxygens (including phenoxy) is 1. The van der Waals surface area contributed by atoms with Crippen molar-refractivity contribution in [1.29, 1.82) is 0 Å². The van der Waals surface area contributed by atoms with Crippen molar-refractivity contribution in [2.45, 2.75) is 52.2 Å². The van der Waals surface area contributed by atoms with E-state index in [0.717, 1.165) is 32.6 Å². The van der Waals surface area contributed by atoms with Gasteiger partial charge < -0.3 is 9.64 Å². The molecule has 0 spiro atoms. The molecule has 94 valence electrons. The molecule has 1 saturated heterocycles. The van der Waals surface area contributed by atoms with Crippen molar-refractivity contribution in [3.8, 4) is 0 Å². The van der Waals surface area contributed by atoms with Gasteiger partial charge in [-0.15, -0.1) is 0 Å². The second kappa shape index (κ2) is 6.86. The number of hydrogen-bond acceptors (Lipinski definition) is 3. The van der Waals surface area contributed by atoms with Crippen LogP contribution in [0.5, 0.6) is 0 Å². The van der Waals surface area contributed by atoms with Crippen LogP contribution in [0.15, 0.2) is 0 Å². The van der Waals surface area contributed by atoms with Crippen molar-refractivity contribution in [2.24, 2.45) is 0 Å². The summed E-state index contributed by atoms with van der Waals surface area (Å²) in [6.45, 7) is 8.49. The summed E-state index contributed by atoms with van der Waals surface area (Å²) < 4.78 is 5.47. The van der Waals surface area contributed by atoms with Gasteiger partial charge in [0, 0.05) is 19.8 Å². The summed E-state index contributed by atoms with van der Waals surface area (Å²) in [7, 11) is 0. The molecule has 0 bridgehead atoms. The van der Waals surface area contributed by atoms with E-state index >= 15 is 0 Å². The molecular weight excluding hydrogens is 204 g/mol. The van der Waals surface area contributed by atoms with Crippen LogP contribution in [-0.4, -0.2) is 42.8 Å². The van der Waals surface area contributed by atoms with E-state index < -0.39 is 0 Å². The van der Waals surface area contributed by atoms with Gasteiger partial charge in [0.15, 0.2) is 0 Å². The Morgan fingerprint density at radius 3 is 2.56 bits per heavy atom. The van der Waals surface area contributed by atoms with Crippen LogP contribution >= 0.6 is 0 Å². The van der Waals surface area contributed by atoms with Gasteiger partial charge in [-0.2, -0.15) is 0 Å². The molecule has 1 rings (SSSR count). The molecule has 4 heteroatoms. The zero-order valence-corrected chi connectivity index (χ0v) is 10.7. The maximum atomic E-state index is 11.7. The average Bonchev–Trinajstić information content (AvgIpc) is 2.49. The number of nitrogens with one attached hydrogen (secondary N) is 1. The molecule has 1 heterocycles. The lowest BCUT2D eigenvalue weighted by molar-refractivity contribution is -0.129. The Bertz CT molecular complexity index is 221. The molecule has 0 aromatic rings. The van der Waals surface area contributed by atoms with E-state index in [1.807, 2.05) is 18.7 Å². The molecule has 0 aromatic heterocycles. The third-order valence-electron chi connectivity index (χ3n) is 2.94. The molecule has 2 unspecified atom stereocenters. The number of carbonyl (C=O) groups excluding carboxylic acids is 1. The van der Waals surface area contributed by atoms with E-state index in [9.17, 15) is 4.79 Å². The Morgan fingerprint density at radius 1 is 1.31 bits per heavy atom. The molecule has 1 aliphatic heterocycles. The van der Waals surface area contributed by atoms with Gasteiger partial charge in [0.2, 0.25) is 5.91 Å². The summed E-state index contributed by atoms with van der Waals surface area (Å²) >= 11 is 0. The fraction of sp³-hybridized carbons (Fsp3) is 0.917. The van der Waals surface area contributed by atoms with Crippen LogP contribution in [0, 0.1) is 0 Å². The summed E-state index contributed by atoms with van der Waals surface area (Å²) in [5.41, 5.74) is 0. The summed E-state index contributed by atoms with van der Waals surface area (Å²) in [4.78, 5) is 13.6. The highest BCUT2D eigenvalue weighted by Gasteiger charge is 2.32. The largest absolute Gasteiger partial charge is 0.381 e. The number of carbonyl (C=O) groups is 1. The van der Waals surface area contributed by atoms with E-state index in [1.54, 1.807) is 0 Å². The summed E-state index contributed by atoms with van der Waals surface area (Å²) in [5.74, 6) is 0.209. The van der Waals surface area contributed by atoms with Crippen molar-refractivity contribution >= 4 is 5.91 Å². The smallest absolute Gasteiger partial charge is 0.240 e. The lowest BCUT2D eigenvalue weighted by Crippen LogP contribution is -2.35. The molecule has 16 heavy (non-hydrogen) atoms. The first-order valence-electron chi connectivity index (χ1n) is 6.31. The van der Waals surface area contributed by atoms with Gasteiger partial charge in [-0.1, -0.05) is 13.3 Å². The van der Waals surface area contributed by atoms with Crippen molar-refractivity contribution in [1.82, 2.24) is 10.2 Å². The monoisotopic (exact) mass is 228 g/mol. The second-order valence-corrected chi connectivity index (χ2v) is 4.42. The van der Waals surface area contributed by atoms with Crippen LogP contribution in [0.1, 0.15) is 40.0 Å². The molecule has 1 N–H and O–H groups in total. The predicted octanol–water partition coefficient (Wildman–Crippen LogP) is 1.36. The molecule has 0 aromatic carbocycles. The fourth-order valence-electron chi connectivity index (χ4n) is 1.95. The number of hydrogen-bond donors (Lipinski definition) is 1. The third kappa shape index (κ3) is 3.76. The standard InChI is InChI=1S/C12H24N2O2/c1-4-5-8-16-9-6-7-14-11(3)13-10(2)12(14)15/h10-11,13H,4-9H2,1-3H3. The minimum Gasteiger partial charge on any atom is -0.381 e. The SMILES string of the molecule is CCCCOCCCN1C(=O)C(C)NC1C. The highest BCUT2D eigenvalue weighted by molar-refractivity contribution is 5.83. The van der Waals surface area contributed by atoms with Crippen molar-refractivity contribution in [3.05, 3.63) is 0 Å². The molecule has 4 nitrogen and oxygen atoms in total. The van der Waals surface area contributed by atoms with Gasteiger partial charge in [-0.3, -0.25) is 10.1 Å². The van der Waals surface area contributed by atoms with Crippen LogP contribution < -0.4 is 5.32 Å². The molecule has 2 atom stereocenters. The minimum absolute atomic E-state index is 0.0315. The molecule has 0 radical (unpaired) electrons. The number of nitrogens with zero attached hydrogens (tertiary/aromatic N) is 1. The van der Waals surface area contributed by atoms with Crippen LogP contribution in [0.2, 0.25) is 0 Å². The first-order chi connectivity index (χ1) is 7.66. The number of unbranched alkanes of at least 4 members (excludes halogenated alkanes) is 1. The maximum absolute atomic E-state index is 11.7. The van der Waals surface area contributed by atoms with Crippen LogP contribution in [0.4, 0.5) is 0 Å². The van der Waals surface area contributed by atoms with E-state index in [2.05, 4.69) is 12.2 Å². The van der Waals surface area contributed by atoms with Gasteiger partial charge in [-0.25, -0.2) is 0 Å². The first-order valence-corrected chi connectivity index (χ1v) is 6.31. The van der Waals surface area contributed by atoms with E-state index in [4.69, 9.17) is 4.74 Å². The lowest BCUT2D eigenvalue weighted by atomic mass is 10.3. The topological polar surface area (TPSA) is 41.6 Å². The predicted molar refractivity (Wildman–Crippen MR) is 64.1 cm³/mol. The van der Waals surface area contributed by atoms with E-state index in [0.29, 0.717) is 0 Å². The highest BCUT2D eigenvalue weighted by Crippen LogP contribution is 2.10. The zero-order valence-electron chi connectivity index (χ0n) is 10.7. The Kier molecular flexibility index (Phi) is 5.77. The fourth-order valence-corrected chi connectivity index (χ4v) is 1.95. The molecule has 1 fully saturated rings. The average molecular weight is 228 g/mol. The third-order valence-corrected chi connectivity index (χ3v) is 2.94. The molecule has 0 aliphatic carbocycles. The Morgan fingerprint density at radius 2 is 2.00 bits per heavy atom. The normalized spacial score (nSPS) is 25.4. The van der Waals surface area contributed by atoms with E-state index in [-0.39, 0.29) is 18.1 Å². The summed E-state index contributed by atoms with van der Waals surface area (Å²) in [6, 6.07) is -0.0315. The molecule has 1 amide bonds. The van der Waals surface area contributed by atoms with Gasteiger partial charge in [-0.05, 0) is 26.7 Å². The molecular formula is C12H24N2O2. The van der Waals surface area contributed by atoms with Crippen molar-refractivity contribution in [3.63, 3.8) is 0 Å². The summed E-state index contributed by atoms with van der Waals surface area (Å²) in [5, 5.41) is 3.21. The van der Waals surface area contributed by atoms with Gasteiger partial charge >= 0.3 is 0 Å². The molecule has 1 aliphatic rings. The first kappa shape index (κ1) is 13.5. The lowest BCUT2D eigenvalue weighted by Gasteiger charge is -2.20. The van der Waals surface area contributed by atoms with Gasteiger partial charge in [0.25, 0.3) is 0 Å². The highest BCUT2D eigenvalue weighted by atomic mass is 16.5. The quantitative estimate of drug-likeness (QED) is 0.669. The Labute approximate surface area is 98.3 Å². The van der Waals surface area contributed by atoms with Crippen LogP contribution in [-0.2, 0) is 9.53 Å². The van der Waals surface area contributed by atoms with Crippen molar-refractivity contribution < 1.29 is 9.53 Å². The summed E-state index contributed by atoms with van der Waals surface area (Å²) in [6.07, 6.45) is 3.38. The maximum Gasteiger partial charge on any atom is 0.240 e. The van der Waals surface area contributed by atoms with Crippen molar-refractivity contribution in [2.75, 3.05) is 19.8 Å². The zero-order chi connectivity index (χ0) is 12.0. The van der Waals surface area contributed by atoms with Crippen LogP contribution in [0.25, 0.3) is 0 Å². The second-order valence-electron chi connectivity index (χ2n) is 4.42. The van der Waals surface area contributed by atoms with Gasteiger partial charge in [0.05, 0.1) is 12.2 Å². The Balaban J connectivity index is 2.10. The number of amides is 1.